The Morgan fingerprint density at radius 3 is 2.24 bits per heavy atom. The van der Waals surface area contributed by atoms with Gasteiger partial charge in [-0.1, -0.05) is 6.92 Å². The number of Topliss-reactive ketones (excluding diaryl/α,β-unsaturated/α-hetero) is 1. The fraction of sp³-hybridized carbons (Fsp3) is 0.462. The molecule has 0 bridgehead atoms. The monoisotopic (exact) mass is 315 g/mol. The number of benzene rings is 1. The van der Waals surface area contributed by atoms with Crippen molar-refractivity contribution < 1.29 is 22.3 Å². The third kappa shape index (κ3) is 4.33. The first-order chi connectivity index (χ1) is 9.60. The minimum absolute atomic E-state index is 0.211. The first-order valence-corrected chi connectivity index (χ1v) is 7.74. The highest BCUT2D eigenvalue weighted by molar-refractivity contribution is 7.86. The topological polar surface area (TPSA) is 104 Å². The highest BCUT2D eigenvalue weighted by Gasteiger charge is 2.34. The van der Waals surface area contributed by atoms with Gasteiger partial charge in [0.25, 0.3) is 15.8 Å². The first kappa shape index (κ1) is 17.3. The molecule has 7 nitrogen and oxygen atoms in total. The lowest BCUT2D eigenvalue weighted by atomic mass is 10.0. The third-order valence-electron chi connectivity index (χ3n) is 2.80. The number of nitro benzene ring substituents is 1. The van der Waals surface area contributed by atoms with Crippen LogP contribution in [0.5, 0.6) is 0 Å². The normalized spacial score (nSPS) is 12.1. The molecule has 0 amide bonds. The van der Waals surface area contributed by atoms with E-state index in [2.05, 4.69) is 0 Å². The summed E-state index contributed by atoms with van der Waals surface area (Å²) in [7, 11) is -4.17. The van der Waals surface area contributed by atoms with E-state index in [4.69, 9.17) is 4.18 Å². The Labute approximate surface area is 123 Å². The number of rotatable bonds is 7. The van der Waals surface area contributed by atoms with E-state index in [1.54, 1.807) is 6.92 Å². The number of non-ortho nitro benzene ring substituents is 1. The lowest BCUT2D eigenvalue weighted by Gasteiger charge is -2.22. The first-order valence-electron chi connectivity index (χ1n) is 6.33. The zero-order valence-electron chi connectivity index (χ0n) is 12.0. The minimum Gasteiger partial charge on any atom is -0.296 e. The summed E-state index contributed by atoms with van der Waals surface area (Å²) in [5.41, 5.74) is -1.70. The summed E-state index contributed by atoms with van der Waals surface area (Å²) in [5.74, 6) is -0.324. The van der Waals surface area contributed by atoms with Crippen LogP contribution in [0.2, 0.25) is 0 Å². The Hall–Kier alpha value is -1.80. The Kier molecular flexibility index (Phi) is 5.19. The van der Waals surface area contributed by atoms with E-state index < -0.39 is 20.6 Å². The molecule has 0 unspecified atom stereocenters. The number of carbonyl (C=O) groups excluding carboxylic acids is 1. The van der Waals surface area contributed by atoms with Gasteiger partial charge in [0.2, 0.25) is 0 Å². The maximum Gasteiger partial charge on any atom is 0.297 e. The molecule has 0 aromatic heterocycles. The average Bonchev–Trinajstić information content (AvgIpc) is 2.38. The van der Waals surface area contributed by atoms with Crippen LogP contribution >= 0.6 is 0 Å². The Balaban J connectivity index is 3.01. The molecule has 1 aromatic carbocycles. The van der Waals surface area contributed by atoms with Crippen LogP contribution in [-0.2, 0) is 19.1 Å². The molecule has 0 aliphatic rings. The second-order valence-electron chi connectivity index (χ2n) is 4.97. The lowest BCUT2D eigenvalue weighted by Crippen LogP contribution is -2.37. The van der Waals surface area contributed by atoms with E-state index in [9.17, 15) is 23.3 Å². The van der Waals surface area contributed by atoms with E-state index in [0.29, 0.717) is 6.42 Å². The zero-order chi connectivity index (χ0) is 16.3. The van der Waals surface area contributed by atoms with E-state index in [1.165, 1.54) is 13.8 Å². The molecule has 0 saturated heterocycles. The summed E-state index contributed by atoms with van der Waals surface area (Å²) in [6.45, 7) is 4.57. The highest BCUT2D eigenvalue weighted by atomic mass is 32.2. The van der Waals surface area contributed by atoms with Crippen LogP contribution in [0.15, 0.2) is 29.2 Å². The molecule has 8 heteroatoms. The number of ketones is 1. The van der Waals surface area contributed by atoms with Crippen molar-refractivity contribution >= 4 is 21.6 Å². The quantitative estimate of drug-likeness (QED) is 0.435. The number of hydrogen-bond donors (Lipinski definition) is 0. The molecule has 0 atom stereocenters. The van der Waals surface area contributed by atoms with Crippen LogP contribution in [0, 0.1) is 10.1 Å². The highest BCUT2D eigenvalue weighted by Crippen LogP contribution is 2.24. The van der Waals surface area contributed by atoms with Gasteiger partial charge in [0.05, 0.1) is 9.82 Å². The summed E-state index contributed by atoms with van der Waals surface area (Å²) in [6, 6.07) is 4.29. The van der Waals surface area contributed by atoms with Crippen molar-refractivity contribution in [1.82, 2.24) is 0 Å². The molecular formula is C13H17NO6S. The molecule has 0 aliphatic carbocycles. The predicted molar refractivity (Wildman–Crippen MR) is 75.4 cm³/mol. The number of carbonyl (C=O) groups is 1. The van der Waals surface area contributed by atoms with E-state index in [1.807, 2.05) is 0 Å². The third-order valence-corrected chi connectivity index (χ3v) is 4.29. The van der Waals surface area contributed by atoms with E-state index >= 15 is 0 Å². The van der Waals surface area contributed by atoms with Crippen molar-refractivity contribution in [2.24, 2.45) is 0 Å². The van der Waals surface area contributed by atoms with Gasteiger partial charge in [-0.25, -0.2) is 0 Å². The molecule has 0 radical (unpaired) electrons. The van der Waals surface area contributed by atoms with E-state index in [0.717, 1.165) is 24.3 Å². The maximum atomic E-state index is 12.1. The maximum absolute atomic E-state index is 12.1. The number of nitro groups is 1. The van der Waals surface area contributed by atoms with Crippen molar-refractivity contribution in [3.05, 3.63) is 34.4 Å². The predicted octanol–water partition coefficient (Wildman–Crippen LogP) is 2.45. The van der Waals surface area contributed by atoms with E-state index in [-0.39, 0.29) is 22.8 Å². The lowest BCUT2D eigenvalue weighted by molar-refractivity contribution is -0.384. The number of nitrogens with zero attached hydrogens (tertiary/aromatic N) is 1. The zero-order valence-corrected chi connectivity index (χ0v) is 12.8. The largest absolute Gasteiger partial charge is 0.297 e. The van der Waals surface area contributed by atoms with Gasteiger partial charge in [-0.3, -0.25) is 19.1 Å². The van der Waals surface area contributed by atoms with Gasteiger partial charge in [0.15, 0.2) is 5.78 Å². The van der Waals surface area contributed by atoms with Crippen molar-refractivity contribution in [3.8, 4) is 0 Å². The van der Waals surface area contributed by atoms with Crippen molar-refractivity contribution in [1.29, 1.82) is 0 Å². The van der Waals surface area contributed by atoms with Gasteiger partial charge in [0, 0.05) is 18.6 Å². The van der Waals surface area contributed by atoms with Crippen LogP contribution in [0.4, 0.5) is 5.69 Å². The van der Waals surface area contributed by atoms with Crippen LogP contribution in [0.1, 0.15) is 33.6 Å². The average molecular weight is 315 g/mol. The summed E-state index contributed by atoms with van der Waals surface area (Å²) in [4.78, 5) is 21.5. The van der Waals surface area contributed by atoms with Gasteiger partial charge >= 0.3 is 0 Å². The molecule has 0 fully saturated rings. The van der Waals surface area contributed by atoms with Crippen molar-refractivity contribution in [3.63, 3.8) is 0 Å². The molecular weight excluding hydrogens is 298 g/mol. The summed E-state index contributed by atoms with van der Waals surface area (Å²) >= 11 is 0. The summed E-state index contributed by atoms with van der Waals surface area (Å²) in [6.07, 6.45) is 0.798. The second-order valence-corrected chi connectivity index (χ2v) is 6.52. The molecule has 116 valence electrons. The van der Waals surface area contributed by atoms with Gasteiger partial charge in [-0.05, 0) is 32.4 Å². The Morgan fingerprint density at radius 2 is 1.81 bits per heavy atom. The molecule has 0 N–H and O–H groups in total. The van der Waals surface area contributed by atoms with Crippen LogP contribution < -0.4 is 0 Å². The molecule has 0 heterocycles. The minimum atomic E-state index is -4.17. The van der Waals surface area contributed by atoms with Crippen molar-refractivity contribution in [2.45, 2.75) is 44.1 Å². The standard InChI is InChI=1S/C13H17NO6S/c1-4-5-12(15)13(2,3)20-21(18,19)11-8-6-10(7-9-11)14(16)17/h6-9H,4-5H2,1-3H3. The molecule has 21 heavy (non-hydrogen) atoms. The fourth-order valence-electron chi connectivity index (χ4n) is 1.63. The molecule has 0 saturated carbocycles. The Morgan fingerprint density at radius 1 is 1.29 bits per heavy atom. The molecule has 0 spiro atoms. The number of hydrogen-bond acceptors (Lipinski definition) is 6. The van der Waals surface area contributed by atoms with Gasteiger partial charge < -0.3 is 0 Å². The fourth-order valence-corrected chi connectivity index (χ4v) is 2.84. The molecule has 0 aliphatic heterocycles. The summed E-state index contributed by atoms with van der Waals surface area (Å²) in [5, 5.41) is 10.5. The van der Waals surface area contributed by atoms with Crippen molar-refractivity contribution in [2.75, 3.05) is 0 Å². The Bertz CT molecular complexity index is 633. The SMILES string of the molecule is CCCC(=O)C(C)(C)OS(=O)(=O)c1ccc([N+](=O)[O-])cc1. The smallest absolute Gasteiger partial charge is 0.296 e. The summed E-state index contributed by atoms with van der Waals surface area (Å²) < 4.78 is 29.2. The van der Waals surface area contributed by atoms with Gasteiger partial charge in [-0.15, -0.1) is 0 Å². The van der Waals surface area contributed by atoms with Crippen LogP contribution in [0.3, 0.4) is 0 Å². The molecule has 1 aromatic rings. The second kappa shape index (κ2) is 6.31. The van der Waals surface area contributed by atoms with Gasteiger partial charge in [0.1, 0.15) is 5.60 Å². The van der Waals surface area contributed by atoms with Crippen LogP contribution in [0.25, 0.3) is 0 Å². The van der Waals surface area contributed by atoms with Crippen LogP contribution in [-0.4, -0.2) is 24.7 Å². The molecule has 1 rings (SSSR count). The van der Waals surface area contributed by atoms with Gasteiger partial charge in [-0.2, -0.15) is 8.42 Å².